The molecule has 0 spiro atoms. The molecule has 20 heavy (non-hydrogen) atoms. The third-order valence-corrected chi connectivity index (χ3v) is 4.91. The fraction of sp³-hybridized carbons (Fsp3) is 0.571. The molecule has 0 aromatic heterocycles. The van der Waals surface area contributed by atoms with Gasteiger partial charge in [0.05, 0.1) is 10.5 Å². The van der Waals surface area contributed by atoms with E-state index in [4.69, 9.17) is 4.74 Å². The molecule has 1 rings (SSSR count). The summed E-state index contributed by atoms with van der Waals surface area (Å²) in [5.41, 5.74) is 1.32. The van der Waals surface area contributed by atoms with Crippen molar-refractivity contribution in [3.8, 4) is 0 Å². The van der Waals surface area contributed by atoms with Gasteiger partial charge in [-0.3, -0.25) is 0 Å². The van der Waals surface area contributed by atoms with Gasteiger partial charge in [0.2, 0.25) is 10.0 Å². The van der Waals surface area contributed by atoms with Gasteiger partial charge in [0.15, 0.2) is 0 Å². The summed E-state index contributed by atoms with van der Waals surface area (Å²) >= 11 is 0. The Hall–Kier alpha value is -1.11. The number of benzene rings is 1. The molecule has 0 aliphatic rings. The molecule has 0 bridgehead atoms. The number of methoxy groups -OCH3 is 1. The van der Waals surface area contributed by atoms with Crippen molar-refractivity contribution in [2.45, 2.75) is 37.7 Å². The van der Waals surface area contributed by atoms with E-state index in [0.717, 1.165) is 17.7 Å². The van der Waals surface area contributed by atoms with Gasteiger partial charge in [0.25, 0.3) is 0 Å². The maximum Gasteiger partial charge on any atom is 0.240 e. The molecule has 0 aliphatic carbocycles. The van der Waals surface area contributed by atoms with Crippen molar-refractivity contribution < 1.29 is 13.2 Å². The van der Waals surface area contributed by atoms with Crippen LogP contribution in [0, 0.1) is 6.92 Å². The molecule has 0 radical (unpaired) electrons. The van der Waals surface area contributed by atoms with Crippen LogP contribution in [-0.4, -0.2) is 34.7 Å². The first-order valence-electron chi connectivity index (χ1n) is 6.55. The predicted octanol–water partition coefficient (Wildman–Crippen LogP) is 2.13. The lowest BCUT2D eigenvalue weighted by molar-refractivity contribution is 0.0185. The average Bonchev–Trinajstić information content (AvgIpc) is 2.40. The van der Waals surface area contributed by atoms with E-state index in [2.05, 4.69) is 10.0 Å². The van der Waals surface area contributed by atoms with Crippen LogP contribution in [0.1, 0.15) is 25.8 Å². The van der Waals surface area contributed by atoms with Gasteiger partial charge in [-0.05, 0) is 51.9 Å². The van der Waals surface area contributed by atoms with E-state index in [-0.39, 0.29) is 5.60 Å². The fourth-order valence-electron chi connectivity index (χ4n) is 1.72. The zero-order valence-corrected chi connectivity index (χ0v) is 13.6. The van der Waals surface area contributed by atoms with Gasteiger partial charge >= 0.3 is 0 Å². The Labute approximate surface area is 121 Å². The molecule has 0 saturated heterocycles. The zero-order chi connectivity index (χ0) is 15.4. The molecule has 0 unspecified atom stereocenters. The highest BCUT2D eigenvalue weighted by molar-refractivity contribution is 7.89. The monoisotopic (exact) mass is 300 g/mol. The van der Waals surface area contributed by atoms with E-state index in [9.17, 15) is 8.42 Å². The maximum atomic E-state index is 11.9. The Bertz CT molecular complexity index is 554. The van der Waals surface area contributed by atoms with Crippen LogP contribution in [-0.2, 0) is 14.8 Å². The van der Waals surface area contributed by atoms with Crippen molar-refractivity contribution in [2.24, 2.45) is 0 Å². The van der Waals surface area contributed by atoms with Gasteiger partial charge < -0.3 is 10.1 Å². The quantitative estimate of drug-likeness (QED) is 0.809. The number of rotatable bonds is 7. The number of hydrogen-bond acceptors (Lipinski definition) is 4. The van der Waals surface area contributed by atoms with Crippen LogP contribution in [0.5, 0.6) is 0 Å². The summed E-state index contributed by atoms with van der Waals surface area (Å²) < 4.78 is 31.5. The van der Waals surface area contributed by atoms with Crippen molar-refractivity contribution in [3.63, 3.8) is 0 Å². The Morgan fingerprint density at radius 2 is 1.95 bits per heavy atom. The van der Waals surface area contributed by atoms with Gasteiger partial charge in [-0.15, -0.1) is 0 Å². The summed E-state index contributed by atoms with van der Waals surface area (Å²) in [6.45, 7) is 6.52. The summed E-state index contributed by atoms with van der Waals surface area (Å²) in [4.78, 5) is 0.302. The highest BCUT2D eigenvalue weighted by Gasteiger charge is 2.17. The van der Waals surface area contributed by atoms with Crippen LogP contribution < -0.4 is 10.0 Å². The molecule has 114 valence electrons. The summed E-state index contributed by atoms with van der Waals surface area (Å²) in [7, 11) is -0.327. The van der Waals surface area contributed by atoms with Crippen molar-refractivity contribution in [2.75, 3.05) is 26.0 Å². The van der Waals surface area contributed by atoms with Gasteiger partial charge in [0, 0.05) is 19.3 Å². The van der Waals surface area contributed by atoms with E-state index >= 15 is 0 Å². The summed E-state index contributed by atoms with van der Waals surface area (Å²) in [5, 5.41) is 3.23. The maximum absolute atomic E-state index is 11.9. The molecular formula is C14H24N2O3S. The third kappa shape index (κ3) is 4.47. The van der Waals surface area contributed by atoms with E-state index in [0.29, 0.717) is 11.4 Å². The van der Waals surface area contributed by atoms with Gasteiger partial charge in [0.1, 0.15) is 0 Å². The van der Waals surface area contributed by atoms with Crippen LogP contribution in [0.25, 0.3) is 0 Å². The van der Waals surface area contributed by atoms with Gasteiger partial charge in [-0.2, -0.15) is 0 Å². The third-order valence-electron chi connectivity index (χ3n) is 3.36. The lowest BCUT2D eigenvalue weighted by atomic mass is 10.1. The largest absolute Gasteiger partial charge is 0.385 e. The molecule has 2 N–H and O–H groups in total. The minimum absolute atomic E-state index is 0.197. The molecule has 1 aromatic carbocycles. The normalized spacial score (nSPS) is 12.4. The van der Waals surface area contributed by atoms with Crippen LogP contribution in [0.4, 0.5) is 5.69 Å². The van der Waals surface area contributed by atoms with Crippen molar-refractivity contribution >= 4 is 15.7 Å². The summed E-state index contributed by atoms with van der Waals surface area (Å²) in [6.07, 6.45) is 0.825. The van der Waals surface area contributed by atoms with Gasteiger partial charge in [-0.25, -0.2) is 13.1 Å². The first-order chi connectivity index (χ1) is 9.22. The SMILES string of the molecule is CNS(=O)(=O)c1cc(NCCC(C)(C)OC)ccc1C. The van der Waals surface area contributed by atoms with Crippen molar-refractivity contribution in [1.82, 2.24) is 4.72 Å². The minimum Gasteiger partial charge on any atom is -0.385 e. The molecule has 1 aromatic rings. The zero-order valence-electron chi connectivity index (χ0n) is 12.8. The van der Waals surface area contributed by atoms with Crippen LogP contribution in [0.15, 0.2) is 23.1 Å². The number of anilines is 1. The average molecular weight is 300 g/mol. The highest BCUT2D eigenvalue weighted by Crippen LogP contribution is 2.20. The minimum atomic E-state index is -3.42. The number of aryl methyl sites for hydroxylation is 1. The van der Waals surface area contributed by atoms with Crippen molar-refractivity contribution in [1.29, 1.82) is 0 Å². The summed E-state index contributed by atoms with van der Waals surface area (Å²) in [5.74, 6) is 0. The number of sulfonamides is 1. The number of ether oxygens (including phenoxy) is 1. The smallest absolute Gasteiger partial charge is 0.240 e. The highest BCUT2D eigenvalue weighted by atomic mass is 32.2. The number of nitrogens with one attached hydrogen (secondary N) is 2. The Morgan fingerprint density at radius 1 is 1.30 bits per heavy atom. The molecule has 6 heteroatoms. The lowest BCUT2D eigenvalue weighted by Gasteiger charge is -2.23. The molecular weight excluding hydrogens is 276 g/mol. The Morgan fingerprint density at radius 3 is 2.50 bits per heavy atom. The summed E-state index contributed by atoms with van der Waals surface area (Å²) in [6, 6.07) is 5.33. The molecule has 0 saturated carbocycles. The van der Waals surface area contributed by atoms with Crippen LogP contribution in [0.2, 0.25) is 0 Å². The Balaban J connectivity index is 2.82. The van der Waals surface area contributed by atoms with E-state index in [1.54, 1.807) is 26.2 Å². The first-order valence-corrected chi connectivity index (χ1v) is 8.03. The van der Waals surface area contributed by atoms with E-state index < -0.39 is 10.0 Å². The van der Waals surface area contributed by atoms with Crippen LogP contribution >= 0.6 is 0 Å². The molecule has 0 atom stereocenters. The fourth-order valence-corrected chi connectivity index (χ4v) is 2.71. The van der Waals surface area contributed by atoms with E-state index in [1.165, 1.54) is 7.05 Å². The second-order valence-electron chi connectivity index (χ2n) is 5.33. The molecule has 0 fully saturated rings. The van der Waals surface area contributed by atoms with Crippen molar-refractivity contribution in [3.05, 3.63) is 23.8 Å². The van der Waals surface area contributed by atoms with Crippen LogP contribution in [0.3, 0.4) is 0 Å². The standard InChI is InChI=1S/C14H24N2O3S/c1-11-6-7-12(10-13(11)20(17,18)15-4)16-9-8-14(2,3)19-5/h6-7,10,15-16H,8-9H2,1-5H3. The number of hydrogen-bond donors (Lipinski definition) is 2. The second kappa shape index (κ2) is 6.56. The molecule has 0 aliphatic heterocycles. The first kappa shape index (κ1) is 16.9. The van der Waals surface area contributed by atoms with E-state index in [1.807, 2.05) is 19.9 Å². The predicted molar refractivity (Wildman–Crippen MR) is 81.6 cm³/mol. The molecule has 5 nitrogen and oxygen atoms in total. The molecule has 0 heterocycles. The lowest BCUT2D eigenvalue weighted by Crippen LogP contribution is -2.26. The Kier molecular flexibility index (Phi) is 5.56. The second-order valence-corrected chi connectivity index (χ2v) is 7.18. The topological polar surface area (TPSA) is 67.4 Å². The molecule has 0 amide bonds. The van der Waals surface area contributed by atoms with Gasteiger partial charge in [-0.1, -0.05) is 6.07 Å².